The third-order valence-corrected chi connectivity index (χ3v) is 3.23. The Hall–Kier alpha value is -1.59. The smallest absolute Gasteiger partial charge is 0.254 e. The first-order valence-electron chi connectivity index (χ1n) is 7.24. The van der Waals surface area contributed by atoms with Crippen LogP contribution in [0.25, 0.3) is 0 Å². The molecule has 1 aromatic carbocycles. The van der Waals surface area contributed by atoms with E-state index in [1.54, 1.807) is 13.2 Å². The van der Waals surface area contributed by atoms with E-state index in [2.05, 4.69) is 4.90 Å². The second kappa shape index (κ2) is 8.64. The Labute approximate surface area is 127 Å². The largest absolute Gasteiger partial charge is 0.399 e. The Morgan fingerprint density at radius 2 is 1.90 bits per heavy atom. The second-order valence-electron chi connectivity index (χ2n) is 5.57. The number of carbonyl (C=O) groups is 1. The van der Waals surface area contributed by atoms with Crippen LogP contribution in [0, 0.1) is 6.92 Å². The van der Waals surface area contributed by atoms with Crippen molar-refractivity contribution in [3.05, 3.63) is 29.3 Å². The summed E-state index contributed by atoms with van der Waals surface area (Å²) in [5.41, 5.74) is 8.10. The Balaban J connectivity index is 2.77. The maximum absolute atomic E-state index is 12.6. The quantitative estimate of drug-likeness (QED) is 0.740. The lowest BCUT2D eigenvalue weighted by atomic mass is 10.1. The van der Waals surface area contributed by atoms with Gasteiger partial charge in [0.15, 0.2) is 0 Å². The zero-order valence-corrected chi connectivity index (χ0v) is 13.6. The van der Waals surface area contributed by atoms with Crippen LogP contribution in [0.5, 0.6) is 0 Å². The molecule has 0 atom stereocenters. The number of aryl methyl sites for hydroxylation is 1. The first-order chi connectivity index (χ1) is 9.93. The van der Waals surface area contributed by atoms with Gasteiger partial charge in [-0.2, -0.15) is 0 Å². The molecule has 1 amide bonds. The fourth-order valence-corrected chi connectivity index (χ4v) is 2.21. The van der Waals surface area contributed by atoms with Crippen molar-refractivity contribution < 1.29 is 9.53 Å². The van der Waals surface area contributed by atoms with Gasteiger partial charge in [0.25, 0.3) is 5.91 Å². The van der Waals surface area contributed by atoms with Gasteiger partial charge >= 0.3 is 0 Å². The normalized spacial score (nSPS) is 10.9. The van der Waals surface area contributed by atoms with E-state index in [4.69, 9.17) is 10.5 Å². The van der Waals surface area contributed by atoms with Crippen LogP contribution in [0.4, 0.5) is 5.69 Å². The van der Waals surface area contributed by atoms with Crippen LogP contribution in [0.15, 0.2) is 18.2 Å². The Bertz CT molecular complexity index is 441. The van der Waals surface area contributed by atoms with E-state index in [1.807, 2.05) is 38.1 Å². The average Bonchev–Trinajstić information content (AvgIpc) is 2.40. The summed E-state index contributed by atoms with van der Waals surface area (Å²) in [7, 11) is 5.71. The molecular formula is C16H27N3O2. The fourth-order valence-electron chi connectivity index (χ4n) is 2.21. The van der Waals surface area contributed by atoms with Gasteiger partial charge in [-0.05, 0) is 57.7 Å². The van der Waals surface area contributed by atoms with Crippen molar-refractivity contribution in [2.24, 2.45) is 0 Å². The summed E-state index contributed by atoms with van der Waals surface area (Å²) in [6.07, 6.45) is 0.934. The number of benzene rings is 1. The Kier molecular flexibility index (Phi) is 7.19. The van der Waals surface area contributed by atoms with E-state index in [9.17, 15) is 4.79 Å². The summed E-state index contributed by atoms with van der Waals surface area (Å²) >= 11 is 0. The first-order valence-corrected chi connectivity index (χ1v) is 7.24. The number of nitrogens with zero attached hydrogens (tertiary/aromatic N) is 2. The first kappa shape index (κ1) is 17.5. The van der Waals surface area contributed by atoms with E-state index in [-0.39, 0.29) is 5.91 Å². The van der Waals surface area contributed by atoms with Gasteiger partial charge in [0, 0.05) is 31.5 Å². The van der Waals surface area contributed by atoms with Gasteiger partial charge in [-0.25, -0.2) is 0 Å². The molecule has 0 bridgehead atoms. The van der Waals surface area contributed by atoms with Crippen LogP contribution in [0.3, 0.4) is 0 Å². The number of hydrogen-bond donors (Lipinski definition) is 1. The van der Waals surface area contributed by atoms with Gasteiger partial charge in [-0.15, -0.1) is 0 Å². The molecular weight excluding hydrogens is 266 g/mol. The predicted molar refractivity (Wildman–Crippen MR) is 86.5 cm³/mol. The van der Waals surface area contributed by atoms with Gasteiger partial charge in [-0.3, -0.25) is 4.79 Å². The lowest BCUT2D eigenvalue weighted by Gasteiger charge is -2.23. The van der Waals surface area contributed by atoms with Crippen molar-refractivity contribution in [2.45, 2.75) is 13.3 Å². The summed E-state index contributed by atoms with van der Waals surface area (Å²) < 4.78 is 5.10. The molecule has 0 aromatic heterocycles. The number of anilines is 1. The highest BCUT2D eigenvalue weighted by molar-refractivity contribution is 5.95. The molecule has 0 aliphatic rings. The van der Waals surface area contributed by atoms with Crippen molar-refractivity contribution in [1.82, 2.24) is 9.80 Å². The molecule has 0 unspecified atom stereocenters. The van der Waals surface area contributed by atoms with Crippen molar-refractivity contribution >= 4 is 11.6 Å². The lowest BCUT2D eigenvalue weighted by molar-refractivity contribution is 0.0689. The van der Waals surface area contributed by atoms with E-state index in [1.165, 1.54) is 0 Å². The number of ether oxygens (including phenoxy) is 1. The Morgan fingerprint density at radius 1 is 1.19 bits per heavy atom. The number of nitrogens with two attached hydrogens (primary N) is 1. The standard InChI is InChI=1S/C16H27N3O2/c1-13-10-14(12-15(17)11-13)16(20)19(8-9-21-4)7-5-6-18(2)3/h10-12H,5-9,17H2,1-4H3. The van der Waals surface area contributed by atoms with Crippen molar-refractivity contribution in [2.75, 3.05) is 53.2 Å². The zero-order valence-electron chi connectivity index (χ0n) is 13.6. The minimum Gasteiger partial charge on any atom is -0.399 e. The highest BCUT2D eigenvalue weighted by Gasteiger charge is 2.16. The van der Waals surface area contributed by atoms with E-state index in [0.29, 0.717) is 30.9 Å². The van der Waals surface area contributed by atoms with Crippen molar-refractivity contribution in [1.29, 1.82) is 0 Å². The number of methoxy groups -OCH3 is 1. The maximum Gasteiger partial charge on any atom is 0.254 e. The topological polar surface area (TPSA) is 58.8 Å². The third-order valence-electron chi connectivity index (χ3n) is 3.23. The number of nitrogen functional groups attached to an aromatic ring is 1. The van der Waals surface area contributed by atoms with Gasteiger partial charge in [0.2, 0.25) is 0 Å². The minimum atomic E-state index is 0.0150. The number of hydrogen-bond acceptors (Lipinski definition) is 4. The Morgan fingerprint density at radius 3 is 2.48 bits per heavy atom. The molecule has 0 aliphatic heterocycles. The molecule has 118 valence electrons. The van der Waals surface area contributed by atoms with E-state index in [0.717, 1.165) is 18.5 Å². The highest BCUT2D eigenvalue weighted by atomic mass is 16.5. The summed E-state index contributed by atoms with van der Waals surface area (Å²) in [4.78, 5) is 16.6. The van der Waals surface area contributed by atoms with E-state index < -0.39 is 0 Å². The number of amides is 1. The molecule has 1 aromatic rings. The van der Waals surface area contributed by atoms with Crippen LogP contribution >= 0.6 is 0 Å². The van der Waals surface area contributed by atoms with Crippen LogP contribution in [0.1, 0.15) is 22.3 Å². The molecule has 5 heteroatoms. The molecule has 1 rings (SSSR count). The second-order valence-corrected chi connectivity index (χ2v) is 5.57. The van der Waals surface area contributed by atoms with Crippen LogP contribution in [0.2, 0.25) is 0 Å². The molecule has 0 aliphatic carbocycles. The summed E-state index contributed by atoms with van der Waals surface area (Å²) in [6, 6.07) is 5.48. The average molecular weight is 293 g/mol. The van der Waals surface area contributed by atoms with Gasteiger partial charge in [-0.1, -0.05) is 0 Å². The van der Waals surface area contributed by atoms with Crippen LogP contribution < -0.4 is 5.73 Å². The molecule has 5 nitrogen and oxygen atoms in total. The molecule has 0 saturated heterocycles. The lowest BCUT2D eigenvalue weighted by Crippen LogP contribution is -2.36. The molecule has 0 radical (unpaired) electrons. The maximum atomic E-state index is 12.6. The number of rotatable bonds is 8. The van der Waals surface area contributed by atoms with Crippen molar-refractivity contribution in [3.8, 4) is 0 Å². The minimum absolute atomic E-state index is 0.0150. The van der Waals surface area contributed by atoms with Crippen molar-refractivity contribution in [3.63, 3.8) is 0 Å². The molecule has 2 N–H and O–H groups in total. The molecule has 0 spiro atoms. The summed E-state index contributed by atoms with van der Waals surface area (Å²) in [6.45, 7) is 4.74. The number of carbonyl (C=O) groups excluding carboxylic acids is 1. The van der Waals surface area contributed by atoms with Crippen LogP contribution in [-0.4, -0.2) is 63.2 Å². The zero-order chi connectivity index (χ0) is 15.8. The van der Waals surface area contributed by atoms with E-state index >= 15 is 0 Å². The van der Waals surface area contributed by atoms with Gasteiger partial charge in [0.1, 0.15) is 0 Å². The predicted octanol–water partition coefficient (Wildman–Crippen LogP) is 1.62. The van der Waals surface area contributed by atoms with Gasteiger partial charge in [0.05, 0.1) is 6.61 Å². The molecule has 0 fully saturated rings. The summed E-state index contributed by atoms with van der Waals surface area (Å²) in [5.74, 6) is 0.0150. The molecule has 0 saturated carbocycles. The fraction of sp³-hybridized carbons (Fsp3) is 0.562. The third kappa shape index (κ3) is 6.14. The monoisotopic (exact) mass is 293 g/mol. The highest BCUT2D eigenvalue weighted by Crippen LogP contribution is 2.14. The molecule has 0 heterocycles. The van der Waals surface area contributed by atoms with Gasteiger partial charge < -0.3 is 20.3 Å². The summed E-state index contributed by atoms with van der Waals surface area (Å²) in [5, 5.41) is 0. The SMILES string of the molecule is COCCN(CCCN(C)C)C(=O)c1cc(C)cc(N)c1. The molecule has 21 heavy (non-hydrogen) atoms. The van der Waals surface area contributed by atoms with Crippen LogP contribution in [-0.2, 0) is 4.74 Å².